The molecule has 0 unspecified atom stereocenters. The third-order valence-electron chi connectivity index (χ3n) is 5.58. The molecule has 3 rings (SSSR count). The monoisotopic (exact) mass is 462 g/mol. The highest BCUT2D eigenvalue weighted by Gasteiger charge is 2.19. The molecule has 0 fully saturated rings. The average molecular weight is 463 g/mol. The van der Waals surface area contributed by atoms with Crippen LogP contribution in [-0.2, 0) is 11.2 Å². The summed E-state index contributed by atoms with van der Waals surface area (Å²) in [4.78, 5) is 30.6. The number of amides is 1. The van der Waals surface area contributed by atoms with Crippen molar-refractivity contribution in [2.24, 2.45) is 5.92 Å². The van der Waals surface area contributed by atoms with Gasteiger partial charge in [-0.05, 0) is 41.2 Å². The maximum atomic E-state index is 15.0. The molecule has 0 saturated carbocycles. The first-order chi connectivity index (χ1) is 16.3. The van der Waals surface area contributed by atoms with Gasteiger partial charge in [0.05, 0.1) is 12.8 Å². The van der Waals surface area contributed by atoms with Crippen molar-refractivity contribution in [3.63, 3.8) is 0 Å². The predicted molar refractivity (Wildman–Crippen MR) is 133 cm³/mol. The maximum absolute atomic E-state index is 15.0. The number of hydrogen-bond acceptors (Lipinski definition) is 4. The van der Waals surface area contributed by atoms with Gasteiger partial charge in [0, 0.05) is 37.2 Å². The summed E-state index contributed by atoms with van der Waals surface area (Å²) in [5.41, 5.74) is 3.37. The van der Waals surface area contributed by atoms with Crippen molar-refractivity contribution in [3.05, 3.63) is 77.7 Å². The molecule has 1 aromatic heterocycles. The van der Waals surface area contributed by atoms with Crippen molar-refractivity contribution in [3.8, 4) is 17.0 Å². The van der Waals surface area contributed by atoms with E-state index in [2.05, 4.69) is 4.98 Å². The molecule has 0 aliphatic carbocycles. The van der Waals surface area contributed by atoms with E-state index in [1.165, 1.54) is 11.0 Å². The lowest BCUT2D eigenvalue weighted by Gasteiger charge is -2.25. The second-order valence-corrected chi connectivity index (χ2v) is 8.63. The highest BCUT2D eigenvalue weighted by Crippen LogP contribution is 2.28. The van der Waals surface area contributed by atoms with Crippen molar-refractivity contribution >= 4 is 17.4 Å². The van der Waals surface area contributed by atoms with Crippen LogP contribution in [0.25, 0.3) is 11.1 Å². The number of benzene rings is 2. The second kappa shape index (κ2) is 11.5. The lowest BCUT2D eigenvalue weighted by Crippen LogP contribution is -2.34. The molecule has 2 aromatic carbocycles. The Morgan fingerprint density at radius 1 is 1.03 bits per heavy atom. The van der Waals surface area contributed by atoms with Gasteiger partial charge in [0.25, 0.3) is 0 Å². The minimum Gasteiger partial charge on any atom is -0.481 e. The largest absolute Gasteiger partial charge is 0.481 e. The molecule has 0 N–H and O–H groups in total. The van der Waals surface area contributed by atoms with Crippen LogP contribution < -0.4 is 9.64 Å². The number of ether oxygens (including phenoxy) is 1. The van der Waals surface area contributed by atoms with Gasteiger partial charge in [0.2, 0.25) is 11.8 Å². The Balaban J connectivity index is 1.70. The molecule has 0 aliphatic rings. The average Bonchev–Trinajstić information content (AvgIpc) is 2.85. The highest BCUT2D eigenvalue weighted by atomic mass is 19.1. The zero-order valence-electron chi connectivity index (χ0n) is 20.2. The Bertz CT molecular complexity index is 1130. The van der Waals surface area contributed by atoms with Crippen LogP contribution in [0.3, 0.4) is 0 Å². The van der Waals surface area contributed by atoms with Gasteiger partial charge in [-0.15, -0.1) is 0 Å². The summed E-state index contributed by atoms with van der Waals surface area (Å²) < 4.78 is 20.0. The standard InChI is InChI=1S/C28H31FN2O3/c1-5-28(33)31(18-19(2)3)25-13-12-23(16-24(25)29)21-8-10-22(11-9-21)26(32)14-6-20-7-15-27(34-4)30-17-20/h7-13,15-17,19H,5-6,14,18H2,1-4H3. The van der Waals surface area contributed by atoms with Gasteiger partial charge in [-0.1, -0.05) is 57.2 Å². The van der Waals surface area contributed by atoms with E-state index in [9.17, 15) is 14.0 Å². The van der Waals surface area contributed by atoms with Gasteiger partial charge in [0.15, 0.2) is 5.78 Å². The summed E-state index contributed by atoms with van der Waals surface area (Å²) in [5, 5.41) is 0. The number of carbonyl (C=O) groups excluding carboxylic acids is 2. The van der Waals surface area contributed by atoms with Crippen LogP contribution >= 0.6 is 0 Å². The number of halogens is 1. The number of ketones is 1. The number of nitrogens with zero attached hydrogens (tertiary/aromatic N) is 2. The molecular weight excluding hydrogens is 431 g/mol. The van der Waals surface area contributed by atoms with E-state index < -0.39 is 5.82 Å². The summed E-state index contributed by atoms with van der Waals surface area (Å²) >= 11 is 0. The SMILES string of the molecule is CCC(=O)N(CC(C)C)c1ccc(-c2ccc(C(=O)CCc3ccc(OC)nc3)cc2)cc1F. The highest BCUT2D eigenvalue weighted by molar-refractivity contribution is 5.96. The van der Waals surface area contributed by atoms with E-state index in [0.29, 0.717) is 48.5 Å². The van der Waals surface area contributed by atoms with Gasteiger partial charge in [-0.25, -0.2) is 9.37 Å². The summed E-state index contributed by atoms with van der Waals surface area (Å²) in [7, 11) is 1.56. The van der Waals surface area contributed by atoms with Crippen LogP contribution in [0.5, 0.6) is 5.88 Å². The van der Waals surface area contributed by atoms with E-state index in [1.807, 2.05) is 38.1 Å². The number of carbonyl (C=O) groups is 2. The van der Waals surface area contributed by atoms with Crippen molar-refractivity contribution in [1.29, 1.82) is 0 Å². The molecule has 0 radical (unpaired) electrons. The summed E-state index contributed by atoms with van der Waals surface area (Å²) in [5.74, 6) is 0.258. The van der Waals surface area contributed by atoms with Crippen LogP contribution in [0, 0.1) is 11.7 Å². The quantitative estimate of drug-likeness (QED) is 0.341. The molecule has 0 saturated heterocycles. The van der Waals surface area contributed by atoms with Crippen molar-refractivity contribution < 1.29 is 18.7 Å². The van der Waals surface area contributed by atoms with Crippen LogP contribution in [-0.4, -0.2) is 30.3 Å². The van der Waals surface area contributed by atoms with Gasteiger partial charge in [0.1, 0.15) is 5.82 Å². The number of Topliss-reactive ketones (excluding diaryl/α,β-unsaturated/α-hetero) is 1. The molecule has 6 heteroatoms. The number of rotatable bonds is 10. The minimum absolute atomic E-state index is 0.0336. The fourth-order valence-electron chi connectivity index (χ4n) is 3.73. The summed E-state index contributed by atoms with van der Waals surface area (Å²) in [6, 6.07) is 15.8. The zero-order chi connectivity index (χ0) is 24.7. The molecule has 34 heavy (non-hydrogen) atoms. The molecule has 1 amide bonds. The third kappa shape index (κ3) is 6.28. The molecule has 0 bridgehead atoms. The van der Waals surface area contributed by atoms with E-state index in [-0.39, 0.29) is 17.6 Å². The van der Waals surface area contributed by atoms with Crippen molar-refractivity contribution in [2.45, 2.75) is 40.0 Å². The zero-order valence-corrected chi connectivity index (χ0v) is 20.2. The van der Waals surface area contributed by atoms with Gasteiger partial charge < -0.3 is 9.64 Å². The molecule has 0 aliphatic heterocycles. The minimum atomic E-state index is -0.437. The van der Waals surface area contributed by atoms with Crippen LogP contribution in [0.1, 0.15) is 49.5 Å². The molecule has 3 aromatic rings. The van der Waals surface area contributed by atoms with E-state index in [4.69, 9.17) is 4.74 Å². The van der Waals surface area contributed by atoms with Crippen LogP contribution in [0.2, 0.25) is 0 Å². The van der Waals surface area contributed by atoms with Crippen molar-refractivity contribution in [2.75, 3.05) is 18.6 Å². The molecule has 0 atom stereocenters. The van der Waals surface area contributed by atoms with E-state index in [0.717, 1.165) is 11.1 Å². The van der Waals surface area contributed by atoms with Gasteiger partial charge in [-0.3, -0.25) is 9.59 Å². The fraction of sp³-hybridized carbons (Fsp3) is 0.321. The van der Waals surface area contributed by atoms with Crippen LogP contribution in [0.15, 0.2) is 60.8 Å². The maximum Gasteiger partial charge on any atom is 0.226 e. The number of aromatic nitrogens is 1. The summed E-state index contributed by atoms with van der Waals surface area (Å²) in [6.45, 7) is 6.24. The second-order valence-electron chi connectivity index (χ2n) is 8.63. The Morgan fingerprint density at radius 3 is 2.29 bits per heavy atom. The van der Waals surface area contributed by atoms with E-state index >= 15 is 0 Å². The van der Waals surface area contributed by atoms with E-state index in [1.54, 1.807) is 44.5 Å². The predicted octanol–water partition coefficient (Wildman–Crippen LogP) is 6.11. The van der Waals surface area contributed by atoms with Gasteiger partial charge >= 0.3 is 0 Å². The first kappa shape index (κ1) is 25.1. The topological polar surface area (TPSA) is 59.5 Å². The number of hydrogen-bond donors (Lipinski definition) is 0. The number of aryl methyl sites for hydroxylation is 1. The van der Waals surface area contributed by atoms with Crippen molar-refractivity contribution in [1.82, 2.24) is 4.98 Å². The molecule has 178 valence electrons. The lowest BCUT2D eigenvalue weighted by molar-refractivity contribution is -0.118. The van der Waals surface area contributed by atoms with Crippen LogP contribution in [0.4, 0.5) is 10.1 Å². The Labute approximate surface area is 200 Å². The first-order valence-corrected chi connectivity index (χ1v) is 11.5. The molecule has 1 heterocycles. The molecular formula is C28H31FN2O3. The lowest BCUT2D eigenvalue weighted by atomic mass is 9.99. The number of pyridine rings is 1. The summed E-state index contributed by atoms with van der Waals surface area (Å²) in [6.07, 6.45) is 2.99. The fourth-order valence-corrected chi connectivity index (χ4v) is 3.73. The third-order valence-corrected chi connectivity index (χ3v) is 5.58. The Kier molecular flexibility index (Phi) is 8.52. The number of anilines is 1. The number of methoxy groups -OCH3 is 1. The molecule has 5 nitrogen and oxygen atoms in total. The first-order valence-electron chi connectivity index (χ1n) is 11.5. The smallest absolute Gasteiger partial charge is 0.226 e. The van der Waals surface area contributed by atoms with Gasteiger partial charge in [-0.2, -0.15) is 0 Å². The Morgan fingerprint density at radius 2 is 1.74 bits per heavy atom. The Hall–Kier alpha value is -3.54. The normalized spacial score (nSPS) is 10.9. The molecule has 0 spiro atoms.